The second-order valence-electron chi connectivity index (χ2n) is 5.79. The number of carbonyl (C=O) groups excluding carboxylic acids is 1. The number of carboxylic acid groups (broad SMARTS) is 1. The van der Waals surface area contributed by atoms with E-state index >= 15 is 0 Å². The van der Waals surface area contributed by atoms with Gasteiger partial charge in [0.15, 0.2) is 0 Å². The molecule has 1 amide bonds. The first-order valence-corrected chi connectivity index (χ1v) is 6.92. The Kier molecular flexibility index (Phi) is 5.17. The van der Waals surface area contributed by atoms with Crippen LogP contribution in [0.15, 0.2) is 0 Å². The van der Waals surface area contributed by atoms with Crippen molar-refractivity contribution in [3.63, 3.8) is 0 Å². The van der Waals surface area contributed by atoms with Gasteiger partial charge in [0.25, 0.3) is 0 Å². The lowest BCUT2D eigenvalue weighted by molar-refractivity contribution is -0.158. The van der Waals surface area contributed by atoms with Gasteiger partial charge >= 0.3 is 11.9 Å². The number of carbonyl (C=O) groups is 2. The zero-order valence-corrected chi connectivity index (χ0v) is 11.8. The minimum atomic E-state index is -1.34. The van der Waals surface area contributed by atoms with Crippen LogP contribution in [0.25, 0.3) is 0 Å². The van der Waals surface area contributed by atoms with Gasteiger partial charge in [-0.25, -0.2) is 4.79 Å². The van der Waals surface area contributed by atoms with Crippen molar-refractivity contribution in [2.45, 2.75) is 53.0 Å². The van der Waals surface area contributed by atoms with Gasteiger partial charge < -0.3 is 10.0 Å². The first-order valence-electron chi connectivity index (χ1n) is 6.92. The molecule has 3 unspecified atom stereocenters. The lowest BCUT2D eigenvalue weighted by atomic mass is 9.73. The Labute approximate surface area is 109 Å². The highest BCUT2D eigenvalue weighted by Gasteiger charge is 2.37. The molecule has 104 valence electrons. The van der Waals surface area contributed by atoms with E-state index in [4.69, 9.17) is 5.11 Å². The number of rotatable bonds is 3. The highest BCUT2D eigenvalue weighted by atomic mass is 16.4. The molecule has 3 atom stereocenters. The molecular formula is C14H25NO3. The predicted octanol–water partition coefficient (Wildman–Crippen LogP) is 2.38. The first-order chi connectivity index (χ1) is 8.38. The van der Waals surface area contributed by atoms with Crippen LogP contribution in [-0.4, -0.2) is 34.5 Å². The number of nitrogens with zero attached hydrogens (tertiary/aromatic N) is 1. The summed E-state index contributed by atoms with van der Waals surface area (Å²) < 4.78 is 0. The van der Waals surface area contributed by atoms with Gasteiger partial charge in [0, 0.05) is 12.6 Å². The van der Waals surface area contributed by atoms with Crippen molar-refractivity contribution in [3.05, 3.63) is 0 Å². The van der Waals surface area contributed by atoms with Gasteiger partial charge in [-0.3, -0.25) is 4.79 Å². The Morgan fingerprint density at radius 2 is 1.94 bits per heavy atom. The Morgan fingerprint density at radius 1 is 1.33 bits per heavy atom. The fourth-order valence-electron chi connectivity index (χ4n) is 3.16. The van der Waals surface area contributed by atoms with Crippen LogP contribution in [-0.2, 0) is 9.59 Å². The largest absolute Gasteiger partial charge is 0.474 e. The van der Waals surface area contributed by atoms with Crippen LogP contribution in [0.4, 0.5) is 0 Å². The molecule has 0 radical (unpaired) electrons. The number of hydrogen-bond acceptors (Lipinski definition) is 2. The van der Waals surface area contributed by atoms with E-state index in [1.807, 2.05) is 6.92 Å². The quantitative estimate of drug-likeness (QED) is 0.788. The van der Waals surface area contributed by atoms with Crippen LogP contribution in [0, 0.1) is 17.8 Å². The summed E-state index contributed by atoms with van der Waals surface area (Å²) in [6.07, 6.45) is 3.20. The van der Waals surface area contributed by atoms with Crippen LogP contribution < -0.4 is 0 Å². The van der Waals surface area contributed by atoms with Gasteiger partial charge in [-0.05, 0) is 37.5 Å². The number of aliphatic carboxylic acids is 1. The van der Waals surface area contributed by atoms with Crippen LogP contribution in [0.3, 0.4) is 0 Å². The Hall–Kier alpha value is -1.06. The van der Waals surface area contributed by atoms with Crippen molar-refractivity contribution < 1.29 is 14.7 Å². The molecule has 0 heterocycles. The SMILES string of the molecule is CCN(C(=O)C(=O)O)C1CC(C)CCC1C(C)C. The molecule has 1 saturated carbocycles. The first kappa shape index (κ1) is 15.0. The zero-order chi connectivity index (χ0) is 13.9. The summed E-state index contributed by atoms with van der Waals surface area (Å²) >= 11 is 0. The second kappa shape index (κ2) is 6.21. The van der Waals surface area contributed by atoms with Crippen molar-refractivity contribution in [1.29, 1.82) is 0 Å². The molecule has 18 heavy (non-hydrogen) atoms. The van der Waals surface area contributed by atoms with Crippen LogP contribution in [0.5, 0.6) is 0 Å². The van der Waals surface area contributed by atoms with E-state index < -0.39 is 11.9 Å². The minimum Gasteiger partial charge on any atom is -0.474 e. The number of likely N-dealkylation sites (N-methyl/N-ethyl adjacent to an activating group) is 1. The predicted molar refractivity (Wildman–Crippen MR) is 70.2 cm³/mol. The highest BCUT2D eigenvalue weighted by Crippen LogP contribution is 2.36. The van der Waals surface area contributed by atoms with Crippen LogP contribution in [0.2, 0.25) is 0 Å². The van der Waals surface area contributed by atoms with Crippen LogP contribution >= 0.6 is 0 Å². The summed E-state index contributed by atoms with van der Waals surface area (Å²) in [7, 11) is 0. The fraction of sp³-hybridized carbons (Fsp3) is 0.857. The lowest BCUT2D eigenvalue weighted by Gasteiger charge is -2.43. The molecule has 0 aromatic heterocycles. The van der Waals surface area contributed by atoms with Gasteiger partial charge in [-0.2, -0.15) is 0 Å². The van der Waals surface area contributed by atoms with Gasteiger partial charge in [0.05, 0.1) is 0 Å². The van der Waals surface area contributed by atoms with Crippen molar-refractivity contribution in [3.8, 4) is 0 Å². The molecule has 0 saturated heterocycles. The lowest BCUT2D eigenvalue weighted by Crippen LogP contribution is -2.50. The monoisotopic (exact) mass is 255 g/mol. The fourth-order valence-corrected chi connectivity index (χ4v) is 3.16. The third-order valence-electron chi connectivity index (χ3n) is 4.17. The van der Waals surface area contributed by atoms with E-state index in [1.54, 1.807) is 4.90 Å². The normalized spacial score (nSPS) is 28.2. The Morgan fingerprint density at radius 3 is 2.39 bits per heavy atom. The van der Waals surface area contributed by atoms with Crippen molar-refractivity contribution >= 4 is 11.9 Å². The molecule has 0 bridgehead atoms. The maximum Gasteiger partial charge on any atom is 0.394 e. The third-order valence-corrected chi connectivity index (χ3v) is 4.17. The molecule has 1 N–H and O–H groups in total. The summed E-state index contributed by atoms with van der Waals surface area (Å²) in [6.45, 7) is 8.84. The van der Waals surface area contributed by atoms with E-state index in [0.717, 1.165) is 12.8 Å². The van der Waals surface area contributed by atoms with E-state index in [0.29, 0.717) is 24.3 Å². The van der Waals surface area contributed by atoms with Crippen molar-refractivity contribution in [2.75, 3.05) is 6.54 Å². The van der Waals surface area contributed by atoms with Crippen molar-refractivity contribution in [1.82, 2.24) is 4.90 Å². The average molecular weight is 255 g/mol. The van der Waals surface area contributed by atoms with E-state index in [2.05, 4.69) is 20.8 Å². The summed E-state index contributed by atoms with van der Waals surface area (Å²) in [6, 6.07) is 0.0855. The molecule has 0 spiro atoms. The van der Waals surface area contributed by atoms with E-state index in [1.165, 1.54) is 6.42 Å². The molecule has 4 heteroatoms. The maximum absolute atomic E-state index is 11.8. The number of carboxylic acids is 1. The van der Waals surface area contributed by atoms with E-state index in [9.17, 15) is 9.59 Å². The number of amides is 1. The summed E-state index contributed by atoms with van der Waals surface area (Å²) in [5, 5.41) is 8.91. The Balaban J connectivity index is 2.91. The summed E-state index contributed by atoms with van der Waals surface area (Å²) in [5.41, 5.74) is 0. The zero-order valence-electron chi connectivity index (χ0n) is 11.8. The highest BCUT2D eigenvalue weighted by molar-refractivity contribution is 6.31. The second-order valence-corrected chi connectivity index (χ2v) is 5.79. The van der Waals surface area contributed by atoms with Crippen LogP contribution in [0.1, 0.15) is 47.0 Å². The van der Waals surface area contributed by atoms with Gasteiger partial charge in [0.1, 0.15) is 0 Å². The van der Waals surface area contributed by atoms with E-state index in [-0.39, 0.29) is 6.04 Å². The van der Waals surface area contributed by atoms with Gasteiger partial charge in [-0.1, -0.05) is 27.2 Å². The average Bonchev–Trinajstić information content (AvgIpc) is 2.29. The molecule has 0 aromatic rings. The maximum atomic E-state index is 11.8. The van der Waals surface area contributed by atoms with Gasteiger partial charge in [0.2, 0.25) is 0 Å². The number of hydrogen-bond donors (Lipinski definition) is 1. The molecule has 1 aliphatic rings. The molecule has 1 rings (SSSR count). The summed E-state index contributed by atoms with van der Waals surface area (Å²) in [4.78, 5) is 24.2. The molecule has 4 nitrogen and oxygen atoms in total. The molecule has 1 aliphatic carbocycles. The molecule has 0 aromatic carbocycles. The molecular weight excluding hydrogens is 230 g/mol. The molecule has 0 aliphatic heterocycles. The van der Waals surface area contributed by atoms with Gasteiger partial charge in [-0.15, -0.1) is 0 Å². The Bertz CT molecular complexity index is 314. The third kappa shape index (κ3) is 3.24. The minimum absolute atomic E-state index is 0.0855. The summed E-state index contributed by atoms with van der Waals surface area (Å²) in [5.74, 6) is -0.608. The smallest absolute Gasteiger partial charge is 0.394 e. The topological polar surface area (TPSA) is 57.6 Å². The molecule has 1 fully saturated rings. The van der Waals surface area contributed by atoms with Crippen molar-refractivity contribution in [2.24, 2.45) is 17.8 Å². The standard InChI is InChI=1S/C14H25NO3/c1-5-15(13(16)14(17)18)12-8-10(4)6-7-11(12)9(2)3/h9-12H,5-8H2,1-4H3,(H,17,18).